The molecule has 0 saturated heterocycles. The number of ether oxygens (including phenoxy) is 1. The van der Waals surface area contributed by atoms with E-state index in [2.05, 4.69) is 24.1 Å². The lowest BCUT2D eigenvalue weighted by Crippen LogP contribution is -2.33. The van der Waals surface area contributed by atoms with Crippen molar-refractivity contribution in [3.63, 3.8) is 0 Å². The van der Waals surface area contributed by atoms with Crippen LogP contribution in [0.3, 0.4) is 0 Å². The number of fused-ring (bicyclic) bond motifs is 1. The Balaban J connectivity index is 1.93. The van der Waals surface area contributed by atoms with Crippen LogP contribution in [0.1, 0.15) is 56.6 Å². The fourth-order valence-electron chi connectivity index (χ4n) is 3.27. The van der Waals surface area contributed by atoms with Crippen LogP contribution in [0.25, 0.3) is 0 Å². The Kier molecular flexibility index (Phi) is 6.78. The molecule has 1 atom stereocenters. The van der Waals surface area contributed by atoms with Crippen LogP contribution in [0.15, 0.2) is 34.2 Å². The van der Waals surface area contributed by atoms with Gasteiger partial charge in [-0.3, -0.25) is 9.59 Å². The van der Waals surface area contributed by atoms with Gasteiger partial charge in [0.25, 0.3) is 5.56 Å². The van der Waals surface area contributed by atoms with Gasteiger partial charge in [-0.25, -0.2) is 0 Å². The van der Waals surface area contributed by atoms with Gasteiger partial charge < -0.3 is 14.6 Å². The average Bonchev–Trinajstić information content (AvgIpc) is 2.69. The second kappa shape index (κ2) is 9.28. The van der Waals surface area contributed by atoms with Crippen molar-refractivity contribution >= 4 is 23.5 Å². The minimum Gasteiger partial charge on any atom is -0.494 e. The van der Waals surface area contributed by atoms with Gasteiger partial charge >= 0.3 is 0 Å². The normalized spacial score (nSPS) is 15.8. The monoisotopic (exact) mass is 401 g/mol. The molecule has 6 nitrogen and oxygen atoms in total. The molecule has 2 aromatic rings. The van der Waals surface area contributed by atoms with E-state index in [1.54, 1.807) is 0 Å². The average molecular weight is 402 g/mol. The number of unbranched alkanes of at least 4 members (excludes halogenated alkanes) is 1. The fraction of sp³-hybridized carbons (Fsp3) is 0.476. The van der Waals surface area contributed by atoms with Crippen LogP contribution in [-0.4, -0.2) is 27.8 Å². The van der Waals surface area contributed by atoms with Crippen molar-refractivity contribution in [3.05, 3.63) is 45.7 Å². The number of thioether (sulfide) groups is 1. The first-order valence-corrected chi connectivity index (χ1v) is 10.8. The lowest BCUT2D eigenvalue weighted by molar-refractivity contribution is -0.116. The SMILES string of the molecule is CCCCOc1ccc([C@H]2CC(=O)Nc3c2c(=O)nc(SCCC)n3C)cc1. The minimum absolute atomic E-state index is 0.0894. The van der Waals surface area contributed by atoms with E-state index in [1.807, 2.05) is 35.9 Å². The third-order valence-corrected chi connectivity index (χ3v) is 6.02. The quantitative estimate of drug-likeness (QED) is 0.412. The van der Waals surface area contributed by atoms with E-state index in [0.717, 1.165) is 36.3 Å². The van der Waals surface area contributed by atoms with Crippen molar-refractivity contribution in [2.75, 3.05) is 17.7 Å². The van der Waals surface area contributed by atoms with E-state index in [1.165, 1.54) is 11.8 Å². The molecule has 1 aromatic carbocycles. The molecule has 1 amide bonds. The molecule has 28 heavy (non-hydrogen) atoms. The Morgan fingerprint density at radius 1 is 1.21 bits per heavy atom. The van der Waals surface area contributed by atoms with Crippen molar-refractivity contribution < 1.29 is 9.53 Å². The van der Waals surface area contributed by atoms with Gasteiger partial charge in [0.05, 0.1) is 12.2 Å². The summed E-state index contributed by atoms with van der Waals surface area (Å²) in [6, 6.07) is 7.68. The lowest BCUT2D eigenvalue weighted by atomic mass is 9.87. The molecule has 150 valence electrons. The second-order valence-electron chi connectivity index (χ2n) is 6.95. The number of nitrogens with one attached hydrogen (secondary N) is 1. The van der Waals surface area contributed by atoms with Gasteiger partial charge in [0.1, 0.15) is 11.6 Å². The highest BCUT2D eigenvalue weighted by Gasteiger charge is 2.32. The van der Waals surface area contributed by atoms with Gasteiger partial charge in [-0.1, -0.05) is 44.2 Å². The van der Waals surface area contributed by atoms with E-state index >= 15 is 0 Å². The summed E-state index contributed by atoms with van der Waals surface area (Å²) in [5.74, 6) is 1.84. The Bertz CT molecular complexity index is 893. The van der Waals surface area contributed by atoms with Gasteiger partial charge in [-0.2, -0.15) is 4.98 Å². The number of nitrogens with zero attached hydrogens (tertiary/aromatic N) is 2. The third kappa shape index (κ3) is 4.41. The molecule has 0 fully saturated rings. The maximum Gasteiger partial charge on any atom is 0.279 e. The van der Waals surface area contributed by atoms with Gasteiger partial charge in [-0.05, 0) is 30.5 Å². The molecule has 0 spiro atoms. The van der Waals surface area contributed by atoms with Crippen molar-refractivity contribution in [2.45, 2.75) is 50.6 Å². The molecule has 7 heteroatoms. The van der Waals surface area contributed by atoms with Gasteiger partial charge in [-0.15, -0.1) is 0 Å². The van der Waals surface area contributed by atoms with Gasteiger partial charge in [0.15, 0.2) is 5.16 Å². The number of hydrogen-bond acceptors (Lipinski definition) is 5. The Morgan fingerprint density at radius 3 is 2.64 bits per heavy atom. The number of amides is 1. The van der Waals surface area contributed by atoms with Crippen molar-refractivity contribution in [1.82, 2.24) is 9.55 Å². The zero-order chi connectivity index (χ0) is 20.1. The summed E-state index contributed by atoms with van der Waals surface area (Å²) in [5.41, 5.74) is 1.22. The highest BCUT2D eigenvalue weighted by atomic mass is 32.2. The van der Waals surface area contributed by atoms with E-state index < -0.39 is 0 Å². The highest BCUT2D eigenvalue weighted by Crippen LogP contribution is 2.36. The summed E-state index contributed by atoms with van der Waals surface area (Å²) in [5, 5.41) is 3.51. The molecule has 2 heterocycles. The van der Waals surface area contributed by atoms with E-state index in [4.69, 9.17) is 4.74 Å². The van der Waals surface area contributed by atoms with Crippen molar-refractivity contribution in [2.24, 2.45) is 7.05 Å². The van der Waals surface area contributed by atoms with E-state index in [0.29, 0.717) is 23.1 Å². The molecule has 1 aromatic heterocycles. The number of carbonyl (C=O) groups is 1. The molecule has 0 saturated carbocycles. The highest BCUT2D eigenvalue weighted by molar-refractivity contribution is 7.99. The molecule has 3 rings (SSSR count). The second-order valence-corrected chi connectivity index (χ2v) is 8.01. The minimum atomic E-state index is -0.301. The number of anilines is 1. The zero-order valence-corrected chi connectivity index (χ0v) is 17.5. The van der Waals surface area contributed by atoms with Crippen LogP contribution in [0.4, 0.5) is 5.82 Å². The molecule has 0 unspecified atom stereocenters. The smallest absolute Gasteiger partial charge is 0.279 e. The lowest BCUT2D eigenvalue weighted by Gasteiger charge is -2.27. The van der Waals surface area contributed by atoms with E-state index in [9.17, 15) is 9.59 Å². The van der Waals surface area contributed by atoms with Crippen LogP contribution >= 0.6 is 11.8 Å². The third-order valence-electron chi connectivity index (χ3n) is 4.79. The number of benzene rings is 1. The topological polar surface area (TPSA) is 73.2 Å². The maximum absolute atomic E-state index is 12.8. The molecule has 1 N–H and O–H groups in total. The molecule has 0 bridgehead atoms. The summed E-state index contributed by atoms with van der Waals surface area (Å²) in [7, 11) is 1.84. The number of aromatic nitrogens is 2. The number of rotatable bonds is 8. The van der Waals surface area contributed by atoms with Crippen LogP contribution in [-0.2, 0) is 11.8 Å². The fourth-order valence-corrected chi connectivity index (χ4v) is 4.09. The molecule has 1 aliphatic heterocycles. The molecule has 1 aliphatic rings. The summed E-state index contributed by atoms with van der Waals surface area (Å²) in [6.07, 6.45) is 3.32. The summed E-state index contributed by atoms with van der Waals surface area (Å²) in [4.78, 5) is 29.5. The van der Waals surface area contributed by atoms with Gasteiger partial charge in [0, 0.05) is 25.1 Å². The standard InChI is InChI=1S/C21H27N3O3S/c1-4-6-11-27-15-9-7-14(8-10-15)16-13-17(25)22-19-18(16)20(26)23-21(24(19)3)28-12-5-2/h7-10,16H,4-6,11-13H2,1-3H3,(H,22,25)/t16-/m1/s1. The van der Waals surface area contributed by atoms with Gasteiger partial charge in [0.2, 0.25) is 5.91 Å². The van der Waals surface area contributed by atoms with Crippen molar-refractivity contribution in [1.29, 1.82) is 0 Å². The Labute approximate surface area is 169 Å². The molecular formula is C21H27N3O3S. The summed E-state index contributed by atoms with van der Waals surface area (Å²) >= 11 is 1.53. The largest absolute Gasteiger partial charge is 0.494 e. The first kappa shape index (κ1) is 20.5. The summed E-state index contributed by atoms with van der Waals surface area (Å²) < 4.78 is 7.54. The van der Waals surface area contributed by atoms with Crippen LogP contribution in [0.2, 0.25) is 0 Å². The molecule has 0 aliphatic carbocycles. The predicted molar refractivity (Wildman–Crippen MR) is 112 cm³/mol. The van der Waals surface area contributed by atoms with Crippen LogP contribution < -0.4 is 15.6 Å². The first-order chi connectivity index (χ1) is 13.5. The molecule has 0 radical (unpaired) electrons. The number of hydrogen-bond donors (Lipinski definition) is 1. The Hall–Kier alpha value is -2.28. The summed E-state index contributed by atoms with van der Waals surface area (Å²) in [6.45, 7) is 4.89. The Morgan fingerprint density at radius 2 is 1.96 bits per heavy atom. The predicted octanol–water partition coefficient (Wildman–Crippen LogP) is 3.94. The first-order valence-electron chi connectivity index (χ1n) is 9.81. The number of carbonyl (C=O) groups excluding carboxylic acids is 1. The van der Waals surface area contributed by atoms with Crippen LogP contribution in [0.5, 0.6) is 5.75 Å². The zero-order valence-electron chi connectivity index (χ0n) is 16.7. The van der Waals surface area contributed by atoms with Crippen molar-refractivity contribution in [3.8, 4) is 5.75 Å². The maximum atomic E-state index is 12.8. The van der Waals surface area contributed by atoms with E-state index in [-0.39, 0.29) is 23.8 Å². The molecular weight excluding hydrogens is 374 g/mol. The van der Waals surface area contributed by atoms with Crippen LogP contribution in [0, 0.1) is 0 Å².